The molecule has 26 heavy (non-hydrogen) atoms. The molecule has 0 saturated carbocycles. The minimum absolute atomic E-state index is 0.186. The number of benzene rings is 2. The zero-order valence-electron chi connectivity index (χ0n) is 15.1. The molecule has 0 bridgehead atoms. The van der Waals surface area contributed by atoms with Crippen LogP contribution in [0.15, 0.2) is 36.4 Å². The first-order chi connectivity index (χ1) is 12.3. The summed E-state index contributed by atoms with van der Waals surface area (Å²) in [7, 11) is 4.87. The summed E-state index contributed by atoms with van der Waals surface area (Å²) in [6, 6.07) is 10.3. The Balaban J connectivity index is 2.06. The van der Waals surface area contributed by atoms with Gasteiger partial charge < -0.3 is 19.1 Å². The van der Waals surface area contributed by atoms with Crippen LogP contribution in [0.4, 0.5) is 0 Å². The highest BCUT2D eigenvalue weighted by Crippen LogP contribution is 2.29. The van der Waals surface area contributed by atoms with Gasteiger partial charge >= 0.3 is 0 Å². The molecule has 0 radical (unpaired) electrons. The molecule has 1 amide bonds. The van der Waals surface area contributed by atoms with Gasteiger partial charge in [-0.15, -0.1) is 0 Å². The van der Waals surface area contributed by atoms with Gasteiger partial charge in [0.05, 0.1) is 19.2 Å². The Morgan fingerprint density at radius 2 is 1.81 bits per heavy atom. The number of carbonyl (C=O) groups is 1. The van der Waals surface area contributed by atoms with Crippen LogP contribution >= 0.6 is 23.2 Å². The van der Waals surface area contributed by atoms with Crippen LogP contribution in [0.5, 0.6) is 17.2 Å². The second-order valence-corrected chi connectivity index (χ2v) is 6.55. The minimum atomic E-state index is -0.706. The fourth-order valence-electron chi connectivity index (χ4n) is 2.44. The van der Waals surface area contributed by atoms with Gasteiger partial charge in [0, 0.05) is 30.2 Å². The summed E-state index contributed by atoms with van der Waals surface area (Å²) in [5, 5.41) is 0.863. The largest absolute Gasteiger partial charge is 0.497 e. The van der Waals surface area contributed by atoms with Crippen molar-refractivity contribution in [1.29, 1.82) is 0 Å². The summed E-state index contributed by atoms with van der Waals surface area (Å²) in [5.41, 5.74) is 0.862. The lowest BCUT2D eigenvalue weighted by Gasteiger charge is -2.23. The molecule has 2 aromatic rings. The summed E-state index contributed by atoms with van der Waals surface area (Å²) in [5.74, 6) is 1.56. The van der Waals surface area contributed by atoms with E-state index in [-0.39, 0.29) is 5.91 Å². The maximum Gasteiger partial charge on any atom is 0.263 e. The summed E-state index contributed by atoms with van der Waals surface area (Å²) in [4.78, 5) is 14.2. The van der Waals surface area contributed by atoms with Gasteiger partial charge in [-0.1, -0.05) is 23.2 Å². The molecule has 0 aliphatic carbocycles. The Morgan fingerprint density at radius 3 is 2.42 bits per heavy atom. The van der Waals surface area contributed by atoms with E-state index >= 15 is 0 Å². The van der Waals surface area contributed by atoms with Crippen molar-refractivity contribution < 1.29 is 19.0 Å². The molecule has 0 fully saturated rings. The van der Waals surface area contributed by atoms with Crippen molar-refractivity contribution in [2.45, 2.75) is 19.6 Å². The van der Waals surface area contributed by atoms with Crippen LogP contribution in [-0.2, 0) is 11.3 Å². The van der Waals surface area contributed by atoms with E-state index in [1.54, 1.807) is 57.4 Å². The smallest absolute Gasteiger partial charge is 0.263 e. The van der Waals surface area contributed by atoms with Gasteiger partial charge in [0.2, 0.25) is 0 Å². The van der Waals surface area contributed by atoms with E-state index in [1.165, 1.54) is 0 Å². The number of nitrogens with zero attached hydrogens (tertiary/aromatic N) is 1. The summed E-state index contributed by atoms with van der Waals surface area (Å²) >= 11 is 12.0. The van der Waals surface area contributed by atoms with E-state index < -0.39 is 6.10 Å². The number of rotatable bonds is 7. The standard InChI is InChI=1S/C19H21Cl2NO4/c1-12(26-17-8-6-14(20)9-16(17)21)19(23)22(2)11-13-5-7-15(24-3)10-18(13)25-4/h5-10,12H,11H2,1-4H3. The molecule has 140 valence electrons. The Morgan fingerprint density at radius 1 is 1.08 bits per heavy atom. The van der Waals surface area contributed by atoms with Crippen LogP contribution in [0.3, 0.4) is 0 Å². The van der Waals surface area contributed by atoms with Crippen molar-refractivity contribution in [2.24, 2.45) is 0 Å². The van der Waals surface area contributed by atoms with Crippen LogP contribution < -0.4 is 14.2 Å². The first-order valence-electron chi connectivity index (χ1n) is 7.93. The van der Waals surface area contributed by atoms with Gasteiger partial charge in [-0.2, -0.15) is 0 Å². The molecule has 2 aromatic carbocycles. The van der Waals surface area contributed by atoms with E-state index in [0.717, 1.165) is 5.56 Å². The maximum absolute atomic E-state index is 12.6. The molecule has 0 saturated heterocycles. The minimum Gasteiger partial charge on any atom is -0.497 e. The van der Waals surface area contributed by atoms with E-state index in [4.69, 9.17) is 37.4 Å². The number of hydrogen-bond acceptors (Lipinski definition) is 4. The Bertz CT molecular complexity index is 782. The first kappa shape index (κ1) is 20.2. The van der Waals surface area contributed by atoms with Gasteiger partial charge in [-0.3, -0.25) is 4.79 Å². The fraction of sp³-hybridized carbons (Fsp3) is 0.316. The summed E-state index contributed by atoms with van der Waals surface area (Å²) in [6.45, 7) is 2.04. The maximum atomic E-state index is 12.6. The Labute approximate surface area is 163 Å². The van der Waals surface area contributed by atoms with Crippen LogP contribution in [0.2, 0.25) is 10.0 Å². The van der Waals surface area contributed by atoms with Gasteiger partial charge in [0.1, 0.15) is 17.2 Å². The van der Waals surface area contributed by atoms with Gasteiger partial charge in [-0.05, 0) is 37.3 Å². The molecule has 0 aliphatic rings. The van der Waals surface area contributed by atoms with E-state index in [9.17, 15) is 4.79 Å². The molecule has 5 nitrogen and oxygen atoms in total. The van der Waals surface area contributed by atoms with Crippen LogP contribution in [0.1, 0.15) is 12.5 Å². The molecular weight excluding hydrogens is 377 g/mol. The third kappa shape index (κ3) is 4.96. The first-order valence-corrected chi connectivity index (χ1v) is 8.69. The highest BCUT2D eigenvalue weighted by molar-refractivity contribution is 6.35. The highest BCUT2D eigenvalue weighted by Gasteiger charge is 2.21. The van der Waals surface area contributed by atoms with Crippen molar-refractivity contribution in [3.05, 3.63) is 52.0 Å². The number of carbonyl (C=O) groups excluding carboxylic acids is 1. The highest BCUT2D eigenvalue weighted by atomic mass is 35.5. The van der Waals surface area contributed by atoms with Gasteiger partial charge in [-0.25, -0.2) is 0 Å². The number of hydrogen-bond donors (Lipinski definition) is 0. The number of amides is 1. The van der Waals surface area contributed by atoms with Crippen LogP contribution in [0.25, 0.3) is 0 Å². The zero-order chi connectivity index (χ0) is 19.3. The van der Waals surface area contributed by atoms with E-state index in [2.05, 4.69) is 0 Å². The Kier molecular flexibility index (Phi) is 7.00. The molecule has 1 atom stereocenters. The zero-order valence-corrected chi connectivity index (χ0v) is 16.6. The number of likely N-dealkylation sites (N-methyl/N-ethyl adjacent to an activating group) is 1. The van der Waals surface area contributed by atoms with Crippen molar-refractivity contribution in [1.82, 2.24) is 4.90 Å². The van der Waals surface area contributed by atoms with Gasteiger partial charge in [0.25, 0.3) is 5.91 Å². The van der Waals surface area contributed by atoms with Crippen molar-refractivity contribution in [3.63, 3.8) is 0 Å². The SMILES string of the molecule is COc1ccc(CN(C)C(=O)C(C)Oc2ccc(Cl)cc2Cl)c(OC)c1. The third-order valence-corrected chi connectivity index (χ3v) is 4.35. The lowest BCUT2D eigenvalue weighted by Crippen LogP contribution is -2.37. The number of ether oxygens (including phenoxy) is 3. The van der Waals surface area contributed by atoms with E-state index in [1.807, 2.05) is 12.1 Å². The Hall–Kier alpha value is -2.11. The van der Waals surface area contributed by atoms with E-state index in [0.29, 0.717) is 33.8 Å². The lowest BCUT2D eigenvalue weighted by molar-refractivity contribution is -0.137. The summed E-state index contributed by atoms with van der Waals surface area (Å²) < 4.78 is 16.2. The fourth-order valence-corrected chi connectivity index (χ4v) is 2.89. The van der Waals surface area contributed by atoms with Crippen molar-refractivity contribution in [3.8, 4) is 17.2 Å². The molecule has 0 heterocycles. The molecule has 1 unspecified atom stereocenters. The van der Waals surface area contributed by atoms with Gasteiger partial charge in [0.15, 0.2) is 6.10 Å². The molecule has 2 rings (SSSR count). The van der Waals surface area contributed by atoms with Crippen LogP contribution in [0, 0.1) is 0 Å². The number of halogens is 2. The topological polar surface area (TPSA) is 48.0 Å². The normalized spacial score (nSPS) is 11.6. The third-order valence-electron chi connectivity index (χ3n) is 3.82. The molecule has 7 heteroatoms. The lowest BCUT2D eigenvalue weighted by atomic mass is 10.1. The average Bonchev–Trinajstić information content (AvgIpc) is 2.63. The molecular formula is C19H21Cl2NO4. The molecule has 0 aromatic heterocycles. The molecule has 0 spiro atoms. The quantitative estimate of drug-likeness (QED) is 0.692. The second-order valence-electron chi connectivity index (χ2n) is 5.71. The monoisotopic (exact) mass is 397 g/mol. The summed E-state index contributed by atoms with van der Waals surface area (Å²) in [6.07, 6.45) is -0.706. The second kappa shape index (κ2) is 9.01. The predicted octanol–water partition coefficient (Wildman–Crippen LogP) is 4.44. The van der Waals surface area contributed by atoms with Crippen molar-refractivity contribution >= 4 is 29.1 Å². The van der Waals surface area contributed by atoms with Crippen molar-refractivity contribution in [2.75, 3.05) is 21.3 Å². The predicted molar refractivity (Wildman–Crippen MR) is 103 cm³/mol. The molecule has 0 N–H and O–H groups in total. The van der Waals surface area contributed by atoms with Crippen LogP contribution in [-0.4, -0.2) is 38.2 Å². The number of methoxy groups -OCH3 is 2. The average molecular weight is 398 g/mol. The molecule has 0 aliphatic heterocycles.